The first kappa shape index (κ1) is 11.2. The predicted molar refractivity (Wildman–Crippen MR) is 55.7 cm³/mol. The second kappa shape index (κ2) is 5.15. The molecule has 3 nitrogen and oxygen atoms in total. The van der Waals surface area contributed by atoms with Crippen LogP contribution in [0.2, 0.25) is 0 Å². The fraction of sp³-hybridized carbons (Fsp3) is 0.727. The summed E-state index contributed by atoms with van der Waals surface area (Å²) in [5.41, 5.74) is 6.40. The monoisotopic (exact) mass is 197 g/mol. The number of allylic oxidation sites excluding steroid dienone is 1. The summed E-state index contributed by atoms with van der Waals surface area (Å²) in [7, 11) is 0. The summed E-state index contributed by atoms with van der Waals surface area (Å²) in [4.78, 5) is 11.9. The number of rotatable bonds is 4. The summed E-state index contributed by atoms with van der Waals surface area (Å²) in [5.74, 6) is 0.417. The third-order valence-electron chi connectivity index (χ3n) is 2.65. The summed E-state index contributed by atoms with van der Waals surface area (Å²) >= 11 is 0. The predicted octanol–water partition coefficient (Wildman–Crippen LogP) is 1.48. The van der Waals surface area contributed by atoms with Crippen molar-refractivity contribution in [1.82, 2.24) is 0 Å². The number of nitrogens with two attached hydrogens (primary N) is 1. The lowest BCUT2D eigenvalue weighted by molar-refractivity contribution is -0.120. The number of hydrogen-bond acceptors (Lipinski definition) is 3. The lowest BCUT2D eigenvalue weighted by atomic mass is 9.86. The van der Waals surface area contributed by atoms with E-state index in [0.29, 0.717) is 12.5 Å². The molecule has 2 N–H and O–H groups in total. The van der Waals surface area contributed by atoms with E-state index >= 15 is 0 Å². The Morgan fingerprint density at radius 3 is 2.79 bits per heavy atom. The molecule has 1 aliphatic rings. The molecule has 80 valence electrons. The summed E-state index contributed by atoms with van der Waals surface area (Å²) in [6.07, 6.45) is 3.38. The van der Waals surface area contributed by atoms with Crippen LogP contribution in [0.25, 0.3) is 0 Å². The van der Waals surface area contributed by atoms with E-state index in [1.807, 2.05) is 13.8 Å². The van der Waals surface area contributed by atoms with Crippen molar-refractivity contribution < 1.29 is 9.53 Å². The van der Waals surface area contributed by atoms with Crippen LogP contribution >= 0.6 is 0 Å². The van der Waals surface area contributed by atoms with Gasteiger partial charge in [0.1, 0.15) is 0 Å². The smallest absolute Gasteiger partial charge is 0.166 e. The van der Waals surface area contributed by atoms with Crippen LogP contribution in [0.5, 0.6) is 0 Å². The Labute approximate surface area is 85.3 Å². The van der Waals surface area contributed by atoms with E-state index in [-0.39, 0.29) is 11.7 Å². The van der Waals surface area contributed by atoms with E-state index < -0.39 is 0 Å². The molecule has 0 fully saturated rings. The first-order valence-corrected chi connectivity index (χ1v) is 5.21. The van der Waals surface area contributed by atoms with Crippen molar-refractivity contribution in [2.24, 2.45) is 17.6 Å². The number of ether oxygens (including phenoxy) is 1. The van der Waals surface area contributed by atoms with Gasteiger partial charge in [-0.1, -0.05) is 13.8 Å². The van der Waals surface area contributed by atoms with Gasteiger partial charge in [-0.2, -0.15) is 0 Å². The molecule has 0 aliphatic carbocycles. The number of carbonyl (C=O) groups excluding carboxylic acids is 1. The molecule has 1 unspecified atom stereocenters. The van der Waals surface area contributed by atoms with Gasteiger partial charge >= 0.3 is 0 Å². The van der Waals surface area contributed by atoms with Gasteiger partial charge in [0.15, 0.2) is 5.78 Å². The minimum absolute atomic E-state index is 0.0528. The van der Waals surface area contributed by atoms with Crippen LogP contribution in [-0.4, -0.2) is 18.9 Å². The number of ketones is 1. The molecule has 0 saturated heterocycles. The SMILES string of the molecule is CC(C)C(CN)C(=O)C1=COCCC1. The maximum Gasteiger partial charge on any atom is 0.166 e. The van der Waals surface area contributed by atoms with Gasteiger partial charge in [-0.25, -0.2) is 0 Å². The maximum absolute atomic E-state index is 11.9. The molecule has 1 heterocycles. The van der Waals surface area contributed by atoms with Gasteiger partial charge in [-0.15, -0.1) is 0 Å². The van der Waals surface area contributed by atoms with Gasteiger partial charge < -0.3 is 10.5 Å². The molecule has 14 heavy (non-hydrogen) atoms. The molecular weight excluding hydrogens is 178 g/mol. The van der Waals surface area contributed by atoms with Gasteiger partial charge in [-0.05, 0) is 18.8 Å². The van der Waals surface area contributed by atoms with Crippen LogP contribution in [-0.2, 0) is 9.53 Å². The third-order valence-corrected chi connectivity index (χ3v) is 2.65. The van der Waals surface area contributed by atoms with Crippen LogP contribution in [0.1, 0.15) is 26.7 Å². The summed E-state index contributed by atoms with van der Waals surface area (Å²) in [6.45, 7) is 5.21. The molecule has 1 rings (SSSR count). The van der Waals surface area contributed by atoms with Gasteiger partial charge in [0.2, 0.25) is 0 Å². The Kier molecular flexibility index (Phi) is 4.14. The Hall–Kier alpha value is -0.830. The number of carbonyl (C=O) groups is 1. The van der Waals surface area contributed by atoms with Crippen molar-refractivity contribution >= 4 is 5.78 Å². The second-order valence-corrected chi connectivity index (χ2v) is 4.07. The van der Waals surface area contributed by atoms with Crippen LogP contribution in [0.4, 0.5) is 0 Å². The summed E-state index contributed by atoms with van der Waals surface area (Å²) < 4.78 is 5.15. The zero-order chi connectivity index (χ0) is 10.6. The molecule has 1 atom stereocenters. The van der Waals surface area contributed by atoms with E-state index in [2.05, 4.69) is 0 Å². The minimum Gasteiger partial charge on any atom is -0.501 e. The van der Waals surface area contributed by atoms with Crippen molar-refractivity contribution in [3.05, 3.63) is 11.8 Å². The molecule has 1 aliphatic heterocycles. The average Bonchev–Trinajstić information content (AvgIpc) is 2.19. The molecular formula is C11H19NO2. The topological polar surface area (TPSA) is 52.3 Å². The molecule has 0 aromatic heterocycles. The highest BCUT2D eigenvalue weighted by molar-refractivity contribution is 5.97. The van der Waals surface area contributed by atoms with Gasteiger partial charge in [0.05, 0.1) is 12.9 Å². The third kappa shape index (κ3) is 2.58. The Bertz CT molecular complexity index is 233. The molecule has 0 aromatic carbocycles. The Morgan fingerprint density at radius 2 is 2.36 bits per heavy atom. The lowest BCUT2D eigenvalue weighted by Crippen LogP contribution is -2.30. The largest absolute Gasteiger partial charge is 0.501 e. The van der Waals surface area contributed by atoms with Crippen molar-refractivity contribution in [1.29, 1.82) is 0 Å². The first-order valence-electron chi connectivity index (χ1n) is 5.21. The molecule has 0 amide bonds. The molecule has 0 saturated carbocycles. The lowest BCUT2D eigenvalue weighted by Gasteiger charge is -2.20. The highest BCUT2D eigenvalue weighted by Gasteiger charge is 2.24. The molecule has 0 aromatic rings. The Morgan fingerprint density at radius 1 is 1.64 bits per heavy atom. The quantitative estimate of drug-likeness (QED) is 0.742. The summed E-state index contributed by atoms with van der Waals surface area (Å²) in [6, 6.07) is 0. The fourth-order valence-electron chi connectivity index (χ4n) is 1.67. The molecule has 0 spiro atoms. The fourth-order valence-corrected chi connectivity index (χ4v) is 1.67. The number of hydrogen-bond donors (Lipinski definition) is 1. The van der Waals surface area contributed by atoms with Gasteiger partial charge in [0, 0.05) is 18.0 Å². The number of Topliss-reactive ketones (excluding diaryl/α,β-unsaturated/α-hetero) is 1. The van der Waals surface area contributed by atoms with E-state index in [4.69, 9.17) is 10.5 Å². The zero-order valence-electron chi connectivity index (χ0n) is 8.95. The highest BCUT2D eigenvalue weighted by atomic mass is 16.5. The summed E-state index contributed by atoms with van der Waals surface area (Å²) in [5, 5.41) is 0. The highest BCUT2D eigenvalue weighted by Crippen LogP contribution is 2.20. The minimum atomic E-state index is -0.0528. The zero-order valence-corrected chi connectivity index (χ0v) is 8.95. The van der Waals surface area contributed by atoms with Gasteiger partial charge in [-0.3, -0.25) is 4.79 Å². The average molecular weight is 197 g/mol. The van der Waals surface area contributed by atoms with Crippen LogP contribution in [0.3, 0.4) is 0 Å². The molecule has 3 heteroatoms. The van der Waals surface area contributed by atoms with E-state index in [0.717, 1.165) is 25.0 Å². The van der Waals surface area contributed by atoms with Crippen LogP contribution in [0.15, 0.2) is 11.8 Å². The van der Waals surface area contributed by atoms with Crippen LogP contribution in [0, 0.1) is 11.8 Å². The first-order chi connectivity index (χ1) is 6.66. The van der Waals surface area contributed by atoms with E-state index in [1.165, 1.54) is 0 Å². The van der Waals surface area contributed by atoms with Crippen molar-refractivity contribution in [3.8, 4) is 0 Å². The van der Waals surface area contributed by atoms with Crippen molar-refractivity contribution in [2.75, 3.05) is 13.2 Å². The molecule has 0 bridgehead atoms. The Balaban J connectivity index is 2.66. The second-order valence-electron chi connectivity index (χ2n) is 4.07. The maximum atomic E-state index is 11.9. The van der Waals surface area contributed by atoms with Gasteiger partial charge in [0.25, 0.3) is 0 Å². The van der Waals surface area contributed by atoms with Crippen LogP contribution < -0.4 is 5.73 Å². The van der Waals surface area contributed by atoms with Crippen molar-refractivity contribution in [3.63, 3.8) is 0 Å². The van der Waals surface area contributed by atoms with Crippen molar-refractivity contribution in [2.45, 2.75) is 26.7 Å². The van der Waals surface area contributed by atoms with E-state index in [1.54, 1.807) is 6.26 Å². The molecule has 0 radical (unpaired) electrons. The standard InChI is InChI=1S/C11H19NO2/c1-8(2)10(6-12)11(13)9-4-3-5-14-7-9/h7-8,10H,3-6,12H2,1-2H3. The normalized spacial score (nSPS) is 18.7. The van der Waals surface area contributed by atoms with E-state index in [9.17, 15) is 4.79 Å².